The van der Waals surface area contributed by atoms with Crippen molar-refractivity contribution < 1.29 is 37.0 Å². The van der Waals surface area contributed by atoms with E-state index in [4.69, 9.17) is 18.9 Å². The summed E-state index contributed by atoms with van der Waals surface area (Å²) in [4.78, 5) is 30.8. The second-order valence-corrected chi connectivity index (χ2v) is 15.0. The minimum Gasteiger partial charge on any atom is -0.497 e. The Morgan fingerprint density at radius 2 is 1.42 bits per heavy atom. The van der Waals surface area contributed by atoms with Crippen molar-refractivity contribution in [1.29, 1.82) is 0 Å². The number of rotatable bonds is 16. The van der Waals surface area contributed by atoms with Crippen molar-refractivity contribution in [3.63, 3.8) is 0 Å². The fraction of sp³-hybridized carbons (Fsp3) is 0.366. The molecule has 0 unspecified atom stereocenters. The van der Waals surface area contributed by atoms with Crippen LogP contribution >= 0.6 is 0 Å². The fourth-order valence-corrected chi connectivity index (χ4v) is 8.03. The summed E-state index contributed by atoms with van der Waals surface area (Å²) in [6.07, 6.45) is 5.11. The molecule has 1 atom stereocenters. The van der Waals surface area contributed by atoms with E-state index in [1.54, 1.807) is 12.1 Å². The van der Waals surface area contributed by atoms with E-state index in [9.17, 15) is 13.2 Å². The topological polar surface area (TPSA) is 124 Å². The summed E-state index contributed by atoms with van der Waals surface area (Å²) < 4.78 is 52.4. The van der Waals surface area contributed by atoms with Crippen LogP contribution in [0.3, 0.4) is 0 Å². The maximum absolute atomic E-state index is 15.0. The minimum atomic E-state index is -4.49. The molecule has 0 radical (unpaired) electrons. The molecule has 0 aliphatic heterocycles. The van der Waals surface area contributed by atoms with Crippen molar-refractivity contribution >= 4 is 27.5 Å². The van der Waals surface area contributed by atoms with E-state index in [0.29, 0.717) is 11.5 Å². The highest BCUT2D eigenvalue weighted by atomic mass is 32.2. The SMILES string of the molecule is COc1ccc(OC)c(N(CC(=O)N(Cc2ccc(C)cc2)[C@@H](Cc2ccccc2)C(=O)NC2CCCCC2)S(=O)(=O)c2ccc(OC)c(OC)c2)c1. The van der Waals surface area contributed by atoms with Crippen molar-refractivity contribution in [1.82, 2.24) is 10.2 Å². The molecule has 1 fully saturated rings. The van der Waals surface area contributed by atoms with Gasteiger partial charge in [0, 0.05) is 31.1 Å². The molecule has 5 rings (SSSR count). The van der Waals surface area contributed by atoms with Crippen LogP contribution in [0.4, 0.5) is 5.69 Å². The Kier molecular flexibility index (Phi) is 13.2. The molecule has 1 saturated carbocycles. The first-order valence-electron chi connectivity index (χ1n) is 17.7. The highest BCUT2D eigenvalue weighted by Gasteiger charge is 2.37. The third kappa shape index (κ3) is 9.61. The molecule has 1 N–H and O–H groups in total. The van der Waals surface area contributed by atoms with E-state index in [2.05, 4.69) is 5.32 Å². The van der Waals surface area contributed by atoms with Gasteiger partial charge in [-0.15, -0.1) is 0 Å². The van der Waals surface area contributed by atoms with Gasteiger partial charge in [0.15, 0.2) is 11.5 Å². The van der Waals surface area contributed by atoms with Crippen LogP contribution in [0.15, 0.2) is 95.9 Å². The molecule has 4 aromatic rings. The zero-order valence-electron chi connectivity index (χ0n) is 31.0. The number of carbonyl (C=O) groups is 2. The van der Waals surface area contributed by atoms with Gasteiger partial charge in [0.25, 0.3) is 10.0 Å². The standard InChI is InChI=1S/C41H49N3O8S/c1-29-16-18-31(19-17-29)27-43(36(24-30-12-8-6-9-13-30)41(46)42-32-14-10-7-11-15-32)40(45)28-44(35-25-33(49-2)20-22-37(35)50-3)53(47,48)34-21-23-38(51-4)39(26-34)52-5/h6,8-9,12-13,16-23,25-26,32,36H,7,10-11,14-15,24,27-28H2,1-5H3,(H,42,46)/t36-/m0/s1. The van der Waals surface area contributed by atoms with Crippen LogP contribution in [0.2, 0.25) is 0 Å². The summed E-state index contributed by atoms with van der Waals surface area (Å²) in [7, 11) is 1.26. The molecule has 0 saturated heterocycles. The lowest BCUT2D eigenvalue weighted by molar-refractivity contribution is -0.140. The number of carbonyl (C=O) groups excluding carboxylic acids is 2. The van der Waals surface area contributed by atoms with Crippen LogP contribution in [0.25, 0.3) is 0 Å². The van der Waals surface area contributed by atoms with Gasteiger partial charge in [0.2, 0.25) is 11.8 Å². The number of hydrogen-bond acceptors (Lipinski definition) is 8. The summed E-state index contributed by atoms with van der Waals surface area (Å²) >= 11 is 0. The van der Waals surface area contributed by atoms with Crippen LogP contribution in [0.1, 0.15) is 48.8 Å². The quantitative estimate of drug-likeness (QED) is 0.142. The highest BCUT2D eigenvalue weighted by Crippen LogP contribution is 2.38. The van der Waals surface area contributed by atoms with Crippen molar-refractivity contribution in [3.05, 3.63) is 108 Å². The first-order chi connectivity index (χ1) is 25.6. The number of ether oxygens (including phenoxy) is 4. The first kappa shape index (κ1) is 39.0. The summed E-state index contributed by atoms with van der Waals surface area (Å²) in [6.45, 7) is 1.38. The van der Waals surface area contributed by atoms with Gasteiger partial charge >= 0.3 is 0 Å². The second-order valence-electron chi connectivity index (χ2n) is 13.1. The Bertz CT molecular complexity index is 1950. The van der Waals surface area contributed by atoms with E-state index in [-0.39, 0.29) is 47.0 Å². The van der Waals surface area contributed by atoms with Crippen LogP contribution in [-0.2, 0) is 32.6 Å². The predicted octanol–water partition coefficient (Wildman–Crippen LogP) is 6.31. The number of sulfonamides is 1. The second kappa shape index (κ2) is 18.0. The Morgan fingerprint density at radius 1 is 0.755 bits per heavy atom. The Morgan fingerprint density at radius 3 is 2.06 bits per heavy atom. The molecule has 2 amide bonds. The van der Waals surface area contributed by atoms with E-state index >= 15 is 4.79 Å². The fourth-order valence-electron chi connectivity index (χ4n) is 6.60. The molecule has 0 spiro atoms. The Labute approximate surface area is 312 Å². The van der Waals surface area contributed by atoms with Gasteiger partial charge in [0.05, 0.1) is 39.0 Å². The number of nitrogens with one attached hydrogen (secondary N) is 1. The maximum atomic E-state index is 15.0. The predicted molar refractivity (Wildman–Crippen MR) is 204 cm³/mol. The summed E-state index contributed by atoms with van der Waals surface area (Å²) in [5.74, 6) is 0.217. The monoisotopic (exact) mass is 743 g/mol. The number of aryl methyl sites for hydroxylation is 1. The third-order valence-corrected chi connectivity index (χ3v) is 11.3. The van der Waals surface area contributed by atoms with Gasteiger partial charge in [-0.25, -0.2) is 8.42 Å². The Hall–Kier alpha value is -5.23. The lowest BCUT2D eigenvalue weighted by Crippen LogP contribution is -2.55. The maximum Gasteiger partial charge on any atom is 0.265 e. The summed E-state index contributed by atoms with van der Waals surface area (Å²) in [6, 6.07) is 25.2. The van der Waals surface area contributed by atoms with Gasteiger partial charge in [-0.05, 0) is 55.2 Å². The number of hydrogen-bond donors (Lipinski definition) is 1. The number of nitrogens with zero attached hydrogens (tertiary/aromatic N) is 2. The van der Waals surface area contributed by atoms with Crippen LogP contribution in [-0.4, -0.2) is 72.2 Å². The molecule has 12 heteroatoms. The lowest BCUT2D eigenvalue weighted by Gasteiger charge is -2.35. The van der Waals surface area contributed by atoms with Gasteiger partial charge in [-0.2, -0.15) is 0 Å². The number of amides is 2. The molecule has 0 aromatic heterocycles. The van der Waals surface area contributed by atoms with E-state index < -0.39 is 28.5 Å². The van der Waals surface area contributed by atoms with E-state index in [1.807, 2.05) is 61.5 Å². The average Bonchev–Trinajstić information content (AvgIpc) is 3.18. The molecule has 1 aliphatic carbocycles. The van der Waals surface area contributed by atoms with Crippen molar-refractivity contribution in [2.75, 3.05) is 39.3 Å². The highest BCUT2D eigenvalue weighted by molar-refractivity contribution is 7.92. The molecule has 0 heterocycles. The molecule has 282 valence electrons. The molecular formula is C41H49N3O8S. The molecule has 53 heavy (non-hydrogen) atoms. The first-order valence-corrected chi connectivity index (χ1v) is 19.2. The van der Waals surface area contributed by atoms with Crippen molar-refractivity contribution in [3.8, 4) is 23.0 Å². The normalized spacial score (nSPS) is 13.8. The Balaban J connectivity index is 1.63. The van der Waals surface area contributed by atoms with Gasteiger partial charge in [-0.3, -0.25) is 13.9 Å². The van der Waals surface area contributed by atoms with Gasteiger partial charge in [-0.1, -0.05) is 79.4 Å². The van der Waals surface area contributed by atoms with Crippen LogP contribution in [0.5, 0.6) is 23.0 Å². The summed E-state index contributed by atoms with van der Waals surface area (Å²) in [5.41, 5.74) is 2.78. The smallest absolute Gasteiger partial charge is 0.265 e. The number of methoxy groups -OCH3 is 4. The average molecular weight is 744 g/mol. The molecule has 11 nitrogen and oxygen atoms in total. The van der Waals surface area contributed by atoms with Crippen LogP contribution < -0.4 is 28.6 Å². The zero-order valence-corrected chi connectivity index (χ0v) is 31.9. The van der Waals surface area contributed by atoms with Gasteiger partial charge < -0.3 is 29.2 Å². The molecular weight excluding hydrogens is 695 g/mol. The molecule has 1 aliphatic rings. The zero-order chi connectivity index (χ0) is 38.0. The number of benzene rings is 4. The number of anilines is 1. The summed E-state index contributed by atoms with van der Waals surface area (Å²) in [5, 5.41) is 3.24. The van der Waals surface area contributed by atoms with Crippen molar-refractivity contribution in [2.24, 2.45) is 0 Å². The third-order valence-electron chi connectivity index (χ3n) is 9.57. The van der Waals surface area contributed by atoms with Crippen molar-refractivity contribution in [2.45, 2.75) is 69.0 Å². The van der Waals surface area contributed by atoms with E-state index in [0.717, 1.165) is 53.1 Å². The lowest BCUT2D eigenvalue weighted by atomic mass is 9.94. The molecule has 4 aromatic carbocycles. The van der Waals surface area contributed by atoms with Gasteiger partial charge in [0.1, 0.15) is 24.1 Å². The largest absolute Gasteiger partial charge is 0.497 e. The van der Waals surface area contributed by atoms with E-state index in [1.165, 1.54) is 57.6 Å². The molecule has 0 bridgehead atoms. The minimum absolute atomic E-state index is 0.00572. The van der Waals surface area contributed by atoms with Crippen LogP contribution in [0, 0.1) is 6.92 Å².